The van der Waals surface area contributed by atoms with Crippen molar-refractivity contribution in [3.63, 3.8) is 0 Å². The van der Waals surface area contributed by atoms with Gasteiger partial charge in [-0.3, -0.25) is 4.79 Å². The predicted molar refractivity (Wildman–Crippen MR) is 65.1 cm³/mol. The van der Waals surface area contributed by atoms with Crippen molar-refractivity contribution in [1.82, 2.24) is 4.57 Å². The lowest BCUT2D eigenvalue weighted by Crippen LogP contribution is -2.13. The van der Waals surface area contributed by atoms with Gasteiger partial charge in [0.05, 0.1) is 11.5 Å². The van der Waals surface area contributed by atoms with Crippen LogP contribution < -0.4 is 0 Å². The molecule has 0 bridgehead atoms. The van der Waals surface area contributed by atoms with Gasteiger partial charge in [-0.1, -0.05) is 13.8 Å². The minimum Gasteiger partial charge on any atom is -0.481 e. The van der Waals surface area contributed by atoms with E-state index < -0.39 is 17.9 Å². The Hall–Kier alpha value is -1.78. The third kappa shape index (κ3) is 1.62. The summed E-state index contributed by atoms with van der Waals surface area (Å²) in [6.45, 7) is 4.49. The first-order chi connectivity index (χ1) is 8.52. The summed E-state index contributed by atoms with van der Waals surface area (Å²) in [6.07, 6.45) is 1.84. The van der Waals surface area contributed by atoms with Gasteiger partial charge in [-0.15, -0.1) is 0 Å². The van der Waals surface area contributed by atoms with Crippen LogP contribution in [0.3, 0.4) is 0 Å². The van der Waals surface area contributed by atoms with Crippen LogP contribution in [0, 0.1) is 0 Å². The number of carboxylic acid groups (broad SMARTS) is 2. The van der Waals surface area contributed by atoms with Crippen molar-refractivity contribution in [1.29, 1.82) is 0 Å². The summed E-state index contributed by atoms with van der Waals surface area (Å²) in [6, 6.07) is 0. The van der Waals surface area contributed by atoms with Gasteiger partial charge >= 0.3 is 11.9 Å². The summed E-state index contributed by atoms with van der Waals surface area (Å²) >= 11 is 0. The molecule has 1 atom stereocenters. The van der Waals surface area contributed by atoms with E-state index in [1.807, 2.05) is 18.4 Å². The Balaban J connectivity index is 2.71. The van der Waals surface area contributed by atoms with Crippen LogP contribution in [0.25, 0.3) is 0 Å². The number of aromatic carboxylic acids is 1. The van der Waals surface area contributed by atoms with E-state index in [4.69, 9.17) is 0 Å². The van der Waals surface area contributed by atoms with E-state index in [0.717, 1.165) is 17.7 Å². The Bertz CT molecular complexity index is 516. The summed E-state index contributed by atoms with van der Waals surface area (Å²) in [4.78, 5) is 22.7. The first-order valence-corrected chi connectivity index (χ1v) is 6.23. The molecule has 0 amide bonds. The van der Waals surface area contributed by atoms with Crippen molar-refractivity contribution in [3.8, 4) is 0 Å². The first kappa shape index (κ1) is 12.7. The molecule has 1 aliphatic rings. The van der Waals surface area contributed by atoms with Crippen LogP contribution in [-0.2, 0) is 24.2 Å². The van der Waals surface area contributed by atoms with Crippen LogP contribution in [0.5, 0.6) is 0 Å². The third-order valence-electron chi connectivity index (χ3n) is 3.69. The minimum atomic E-state index is -1.01. The summed E-state index contributed by atoms with van der Waals surface area (Å²) < 4.78 is 1.90. The van der Waals surface area contributed by atoms with Crippen LogP contribution in [-0.4, -0.2) is 26.7 Å². The van der Waals surface area contributed by atoms with Crippen molar-refractivity contribution in [2.45, 2.75) is 45.6 Å². The standard InChI is InChI=1S/C13H17NO4/c1-3-7-9(4-2)14-6-5-8(12(15)16)11(14)10(7)13(17)18/h8H,3-6H2,1-2H3,(H,15,16)(H,17,18). The summed E-state index contributed by atoms with van der Waals surface area (Å²) in [5.74, 6) is -2.62. The Kier molecular flexibility index (Phi) is 3.15. The summed E-state index contributed by atoms with van der Waals surface area (Å²) in [5.41, 5.74) is 2.49. The number of hydrogen-bond acceptors (Lipinski definition) is 2. The zero-order chi connectivity index (χ0) is 13.4. The van der Waals surface area contributed by atoms with Crippen molar-refractivity contribution >= 4 is 11.9 Å². The van der Waals surface area contributed by atoms with Crippen molar-refractivity contribution in [2.24, 2.45) is 0 Å². The second-order valence-electron chi connectivity index (χ2n) is 4.53. The maximum atomic E-state index is 11.4. The lowest BCUT2D eigenvalue weighted by Gasteiger charge is -2.06. The fraction of sp³-hybridized carbons (Fsp3) is 0.538. The van der Waals surface area contributed by atoms with Gasteiger partial charge in [-0.2, -0.15) is 0 Å². The highest BCUT2D eigenvalue weighted by Crippen LogP contribution is 2.37. The van der Waals surface area contributed by atoms with Gasteiger partial charge in [0.2, 0.25) is 0 Å². The molecule has 0 fully saturated rings. The number of aliphatic carboxylic acids is 1. The molecule has 0 aromatic carbocycles. The highest BCUT2D eigenvalue weighted by Gasteiger charge is 2.37. The van der Waals surface area contributed by atoms with Gasteiger partial charge in [0.15, 0.2) is 0 Å². The molecule has 98 valence electrons. The highest BCUT2D eigenvalue weighted by atomic mass is 16.4. The zero-order valence-electron chi connectivity index (χ0n) is 10.6. The molecule has 2 N–H and O–H groups in total. The minimum absolute atomic E-state index is 0.222. The molecule has 0 spiro atoms. The van der Waals surface area contributed by atoms with Crippen LogP contribution >= 0.6 is 0 Å². The second kappa shape index (κ2) is 4.48. The van der Waals surface area contributed by atoms with Gasteiger partial charge in [-0.05, 0) is 24.8 Å². The smallest absolute Gasteiger partial charge is 0.337 e. The molecule has 5 heteroatoms. The van der Waals surface area contributed by atoms with Gasteiger partial charge in [0.1, 0.15) is 0 Å². The molecule has 5 nitrogen and oxygen atoms in total. The lowest BCUT2D eigenvalue weighted by atomic mass is 9.97. The average molecular weight is 251 g/mol. The Morgan fingerprint density at radius 1 is 1.28 bits per heavy atom. The maximum absolute atomic E-state index is 11.4. The average Bonchev–Trinajstić information content (AvgIpc) is 2.83. The van der Waals surface area contributed by atoms with Gasteiger partial charge in [0.25, 0.3) is 0 Å². The normalized spacial score (nSPS) is 17.8. The molecular weight excluding hydrogens is 234 g/mol. The van der Waals surface area contributed by atoms with Crippen LogP contribution in [0.2, 0.25) is 0 Å². The predicted octanol–water partition coefficient (Wildman–Crippen LogP) is 1.88. The molecule has 0 saturated carbocycles. The molecule has 1 aromatic rings. The van der Waals surface area contributed by atoms with E-state index in [1.54, 1.807) is 0 Å². The van der Waals surface area contributed by atoms with Crippen LogP contribution in [0.1, 0.15) is 53.5 Å². The van der Waals surface area contributed by atoms with Crippen molar-refractivity contribution < 1.29 is 19.8 Å². The molecule has 0 aliphatic carbocycles. The lowest BCUT2D eigenvalue weighted by molar-refractivity contribution is -0.138. The van der Waals surface area contributed by atoms with Crippen molar-refractivity contribution in [2.75, 3.05) is 0 Å². The molecular formula is C13H17NO4. The van der Waals surface area contributed by atoms with E-state index in [-0.39, 0.29) is 5.56 Å². The Labute approximate surface area is 105 Å². The van der Waals surface area contributed by atoms with Crippen LogP contribution in [0.4, 0.5) is 0 Å². The Morgan fingerprint density at radius 2 is 1.94 bits per heavy atom. The fourth-order valence-electron chi connectivity index (χ4n) is 3.02. The molecule has 2 heterocycles. The molecule has 2 rings (SSSR count). The topological polar surface area (TPSA) is 79.5 Å². The van der Waals surface area contributed by atoms with E-state index >= 15 is 0 Å². The van der Waals surface area contributed by atoms with E-state index in [2.05, 4.69) is 0 Å². The fourth-order valence-corrected chi connectivity index (χ4v) is 3.02. The second-order valence-corrected chi connectivity index (χ2v) is 4.53. The number of rotatable bonds is 4. The monoisotopic (exact) mass is 251 g/mol. The molecule has 1 aliphatic heterocycles. The van der Waals surface area contributed by atoms with Crippen LogP contribution in [0.15, 0.2) is 0 Å². The summed E-state index contributed by atoms with van der Waals surface area (Å²) in [7, 11) is 0. The molecule has 18 heavy (non-hydrogen) atoms. The Morgan fingerprint density at radius 3 is 2.39 bits per heavy atom. The number of fused-ring (bicyclic) bond motifs is 1. The van der Waals surface area contributed by atoms with E-state index in [9.17, 15) is 19.8 Å². The quantitative estimate of drug-likeness (QED) is 0.856. The maximum Gasteiger partial charge on any atom is 0.337 e. The molecule has 0 saturated heterocycles. The highest BCUT2D eigenvalue weighted by molar-refractivity contribution is 5.94. The van der Waals surface area contributed by atoms with Gasteiger partial charge < -0.3 is 14.8 Å². The van der Waals surface area contributed by atoms with Gasteiger partial charge in [-0.25, -0.2) is 4.79 Å². The number of aromatic nitrogens is 1. The molecule has 1 aromatic heterocycles. The largest absolute Gasteiger partial charge is 0.481 e. The zero-order valence-corrected chi connectivity index (χ0v) is 10.6. The number of hydrogen-bond donors (Lipinski definition) is 2. The van der Waals surface area contributed by atoms with E-state index in [1.165, 1.54) is 0 Å². The summed E-state index contributed by atoms with van der Waals surface area (Å²) in [5, 5.41) is 18.6. The number of nitrogens with zero attached hydrogens (tertiary/aromatic N) is 1. The number of carboxylic acids is 2. The van der Waals surface area contributed by atoms with Crippen molar-refractivity contribution in [3.05, 3.63) is 22.5 Å². The van der Waals surface area contributed by atoms with E-state index in [0.29, 0.717) is 25.1 Å². The first-order valence-electron chi connectivity index (χ1n) is 6.23. The molecule has 1 unspecified atom stereocenters. The third-order valence-corrected chi connectivity index (χ3v) is 3.69. The SMILES string of the molecule is CCc1c(C(=O)O)c2n(c1CC)CCC2C(=O)O. The number of carbonyl (C=O) groups is 2. The van der Waals surface area contributed by atoms with Gasteiger partial charge in [0, 0.05) is 17.9 Å². The molecule has 0 radical (unpaired) electrons.